The minimum absolute atomic E-state index is 0.0465. The Morgan fingerprint density at radius 2 is 1.95 bits per heavy atom. The normalized spacial score (nSPS) is 19.0. The molecule has 0 bridgehead atoms. The molecule has 1 aromatic carbocycles. The highest BCUT2D eigenvalue weighted by Crippen LogP contribution is 2.41. The standard InChI is InChI=1S/C27H21F4N5O2/c28-20-6-16(5-19-18(20)12-38-13-27(19,31)26(29)30)25(37)34-9-17-7-22-15(8-33-17)3-4-21(35-22)24-11-32-10-23(36-24)14-1-2-14/h3-8,10-11,14,26H,1-2,9,12-13H2,(H,34,37)/t27-/m0/s1. The predicted molar refractivity (Wildman–Crippen MR) is 129 cm³/mol. The van der Waals surface area contributed by atoms with Crippen LogP contribution in [-0.2, 0) is 23.6 Å². The van der Waals surface area contributed by atoms with E-state index in [4.69, 9.17) is 4.74 Å². The summed E-state index contributed by atoms with van der Waals surface area (Å²) in [6.45, 7) is -1.32. The third-order valence-corrected chi connectivity index (χ3v) is 6.78. The molecule has 1 fully saturated rings. The quantitative estimate of drug-likeness (QED) is 0.358. The lowest BCUT2D eigenvalue weighted by molar-refractivity contribution is -0.107. The lowest BCUT2D eigenvalue weighted by Crippen LogP contribution is -2.39. The number of benzene rings is 1. The van der Waals surface area contributed by atoms with Gasteiger partial charge in [-0.3, -0.25) is 14.8 Å². The second-order valence-electron chi connectivity index (χ2n) is 9.49. The van der Waals surface area contributed by atoms with Gasteiger partial charge in [0.05, 0.1) is 48.6 Å². The molecule has 0 spiro atoms. The number of halogens is 4. The molecule has 1 amide bonds. The maximum absolute atomic E-state index is 14.9. The van der Waals surface area contributed by atoms with Crippen molar-refractivity contribution in [2.45, 2.75) is 44.0 Å². The largest absolute Gasteiger partial charge is 0.373 e. The van der Waals surface area contributed by atoms with Crippen LogP contribution in [0.5, 0.6) is 0 Å². The van der Waals surface area contributed by atoms with Gasteiger partial charge in [-0.15, -0.1) is 0 Å². The molecule has 1 atom stereocenters. The van der Waals surface area contributed by atoms with Crippen LogP contribution in [0.4, 0.5) is 17.6 Å². The van der Waals surface area contributed by atoms with Crippen LogP contribution in [0.1, 0.15) is 51.6 Å². The number of rotatable bonds is 6. The zero-order chi connectivity index (χ0) is 26.4. The van der Waals surface area contributed by atoms with Crippen molar-refractivity contribution < 1.29 is 27.1 Å². The van der Waals surface area contributed by atoms with E-state index in [9.17, 15) is 22.4 Å². The molecule has 11 heteroatoms. The van der Waals surface area contributed by atoms with Crippen molar-refractivity contribution in [3.63, 3.8) is 0 Å². The number of alkyl halides is 3. The summed E-state index contributed by atoms with van der Waals surface area (Å²) in [5, 5.41) is 3.36. The number of amides is 1. The number of carbonyl (C=O) groups is 1. The number of aromatic nitrogens is 4. The third-order valence-electron chi connectivity index (χ3n) is 6.78. The first-order chi connectivity index (χ1) is 18.3. The summed E-state index contributed by atoms with van der Waals surface area (Å²) in [6.07, 6.45) is 3.82. The van der Waals surface area contributed by atoms with Crippen LogP contribution in [-0.4, -0.2) is 38.9 Å². The molecule has 1 saturated carbocycles. The summed E-state index contributed by atoms with van der Waals surface area (Å²) < 4.78 is 61.2. The lowest BCUT2D eigenvalue weighted by Gasteiger charge is -2.31. The van der Waals surface area contributed by atoms with Gasteiger partial charge in [0, 0.05) is 40.4 Å². The van der Waals surface area contributed by atoms with E-state index in [1.165, 1.54) is 0 Å². The fourth-order valence-electron chi connectivity index (χ4n) is 4.50. The van der Waals surface area contributed by atoms with E-state index in [1.807, 2.05) is 12.1 Å². The summed E-state index contributed by atoms with van der Waals surface area (Å²) >= 11 is 0. The summed E-state index contributed by atoms with van der Waals surface area (Å²) in [5.74, 6) is -1.29. The van der Waals surface area contributed by atoms with Gasteiger partial charge >= 0.3 is 0 Å². The van der Waals surface area contributed by atoms with E-state index >= 15 is 0 Å². The summed E-state index contributed by atoms with van der Waals surface area (Å²) in [5.41, 5.74) is -1.01. The molecule has 194 valence electrons. The molecule has 1 N–H and O–H groups in total. The van der Waals surface area contributed by atoms with Gasteiger partial charge in [0.1, 0.15) is 11.5 Å². The Morgan fingerprint density at radius 3 is 2.74 bits per heavy atom. The average molecular weight is 523 g/mol. The van der Waals surface area contributed by atoms with Crippen molar-refractivity contribution in [3.8, 4) is 11.4 Å². The highest BCUT2D eigenvalue weighted by molar-refractivity contribution is 5.94. The van der Waals surface area contributed by atoms with Crippen LogP contribution < -0.4 is 5.32 Å². The molecular formula is C27H21F4N5O2. The van der Waals surface area contributed by atoms with Crippen LogP contribution in [0.3, 0.4) is 0 Å². The van der Waals surface area contributed by atoms with Crippen LogP contribution in [0.25, 0.3) is 22.3 Å². The number of nitrogens with one attached hydrogen (secondary N) is 1. The van der Waals surface area contributed by atoms with E-state index in [1.54, 1.807) is 24.7 Å². The molecule has 4 aromatic rings. The van der Waals surface area contributed by atoms with Crippen molar-refractivity contribution in [2.24, 2.45) is 0 Å². The zero-order valence-electron chi connectivity index (χ0n) is 19.9. The third kappa shape index (κ3) is 4.47. The highest BCUT2D eigenvalue weighted by Gasteiger charge is 2.47. The van der Waals surface area contributed by atoms with E-state index < -0.39 is 36.0 Å². The van der Waals surface area contributed by atoms with Crippen LogP contribution >= 0.6 is 0 Å². The van der Waals surface area contributed by atoms with Crippen molar-refractivity contribution in [3.05, 3.63) is 82.8 Å². The maximum atomic E-state index is 14.9. The zero-order valence-corrected chi connectivity index (χ0v) is 19.9. The van der Waals surface area contributed by atoms with Crippen molar-refractivity contribution >= 4 is 16.8 Å². The fraction of sp³-hybridized carbons (Fsp3) is 0.296. The van der Waals surface area contributed by atoms with E-state index in [2.05, 4.69) is 25.3 Å². The van der Waals surface area contributed by atoms with E-state index in [0.717, 1.165) is 36.1 Å². The molecule has 1 aliphatic heterocycles. The molecular weight excluding hydrogens is 502 g/mol. The molecule has 7 nitrogen and oxygen atoms in total. The first kappa shape index (κ1) is 24.4. The van der Waals surface area contributed by atoms with Crippen molar-refractivity contribution in [1.29, 1.82) is 0 Å². The number of hydrogen-bond acceptors (Lipinski definition) is 6. The number of pyridine rings is 2. The number of nitrogens with zero attached hydrogens (tertiary/aromatic N) is 4. The fourth-order valence-corrected chi connectivity index (χ4v) is 4.50. The van der Waals surface area contributed by atoms with Gasteiger partial charge in [-0.2, -0.15) is 0 Å². The average Bonchev–Trinajstić information content (AvgIpc) is 3.77. The molecule has 1 aliphatic carbocycles. The van der Waals surface area contributed by atoms with Gasteiger partial charge in [0.2, 0.25) is 5.67 Å². The van der Waals surface area contributed by atoms with Crippen LogP contribution in [0.15, 0.2) is 48.9 Å². The summed E-state index contributed by atoms with van der Waals surface area (Å²) in [6, 6.07) is 7.25. The monoisotopic (exact) mass is 523 g/mol. The SMILES string of the molecule is O=C(NCc1cc2nc(-c3cncc(C4CC4)n3)ccc2cn1)c1cc(F)c2c(c1)[C@](F)(C(F)F)COC2. The molecule has 4 heterocycles. The molecule has 3 aromatic heterocycles. The van der Waals surface area contributed by atoms with Gasteiger partial charge in [-0.25, -0.2) is 27.5 Å². The summed E-state index contributed by atoms with van der Waals surface area (Å²) in [4.78, 5) is 30.7. The highest BCUT2D eigenvalue weighted by atomic mass is 19.3. The molecule has 2 aliphatic rings. The molecule has 0 unspecified atom stereocenters. The second kappa shape index (κ2) is 9.39. The van der Waals surface area contributed by atoms with Crippen LogP contribution in [0, 0.1) is 5.82 Å². The summed E-state index contributed by atoms with van der Waals surface area (Å²) in [7, 11) is 0. The number of fused-ring (bicyclic) bond motifs is 2. The lowest BCUT2D eigenvalue weighted by atomic mass is 9.88. The predicted octanol–water partition coefficient (Wildman–Crippen LogP) is 4.99. The molecule has 38 heavy (non-hydrogen) atoms. The maximum Gasteiger partial charge on any atom is 0.278 e. The minimum Gasteiger partial charge on any atom is -0.373 e. The Balaban J connectivity index is 1.22. The second-order valence-corrected chi connectivity index (χ2v) is 9.49. The van der Waals surface area contributed by atoms with E-state index in [-0.39, 0.29) is 24.3 Å². The Labute approximate surface area is 214 Å². The van der Waals surface area contributed by atoms with Gasteiger partial charge in [-0.1, -0.05) is 0 Å². The Kier molecular flexibility index (Phi) is 6.02. The van der Waals surface area contributed by atoms with Crippen molar-refractivity contribution in [1.82, 2.24) is 25.3 Å². The molecule has 6 rings (SSSR count). The van der Waals surface area contributed by atoms with E-state index in [0.29, 0.717) is 28.5 Å². The minimum atomic E-state index is -3.44. The Bertz CT molecular complexity index is 1560. The van der Waals surface area contributed by atoms with Crippen molar-refractivity contribution in [2.75, 3.05) is 6.61 Å². The topological polar surface area (TPSA) is 89.9 Å². The Hall–Kier alpha value is -3.99. The first-order valence-corrected chi connectivity index (χ1v) is 12.1. The van der Waals surface area contributed by atoms with Gasteiger partial charge in [0.25, 0.3) is 12.3 Å². The number of ether oxygens (including phenoxy) is 1. The number of hydrogen-bond donors (Lipinski definition) is 1. The van der Waals surface area contributed by atoms with Crippen LogP contribution in [0.2, 0.25) is 0 Å². The first-order valence-electron chi connectivity index (χ1n) is 12.1. The molecule has 0 saturated heterocycles. The molecule has 0 radical (unpaired) electrons. The van der Waals surface area contributed by atoms with Gasteiger partial charge in [-0.05, 0) is 43.2 Å². The smallest absolute Gasteiger partial charge is 0.278 e. The van der Waals surface area contributed by atoms with Gasteiger partial charge < -0.3 is 10.1 Å². The van der Waals surface area contributed by atoms with Gasteiger partial charge in [0.15, 0.2) is 0 Å². The number of carbonyl (C=O) groups excluding carboxylic acids is 1. The Morgan fingerprint density at radius 1 is 1.11 bits per heavy atom.